The summed E-state index contributed by atoms with van der Waals surface area (Å²) in [5.41, 5.74) is 8.26. The molecule has 2 saturated carbocycles. The second-order valence-electron chi connectivity index (χ2n) is 7.76. The maximum absolute atomic E-state index is 6.53. The molecule has 6 heteroatoms. The van der Waals surface area contributed by atoms with Gasteiger partial charge in [0.25, 0.3) is 0 Å². The molecule has 1 aromatic carbocycles. The van der Waals surface area contributed by atoms with E-state index in [4.69, 9.17) is 20.0 Å². The predicted molar refractivity (Wildman–Crippen MR) is 103 cm³/mol. The molecule has 0 amide bonds. The van der Waals surface area contributed by atoms with Crippen LogP contribution < -0.4 is 10.5 Å². The highest BCUT2D eigenvalue weighted by Crippen LogP contribution is 2.47. The van der Waals surface area contributed by atoms with Crippen molar-refractivity contribution in [2.75, 3.05) is 7.11 Å². The number of nitrogens with zero attached hydrogens (tertiary/aromatic N) is 2. The van der Waals surface area contributed by atoms with Gasteiger partial charge >= 0.3 is 0 Å². The first-order chi connectivity index (χ1) is 12.1. The Morgan fingerprint density at radius 1 is 1.08 bits per heavy atom. The summed E-state index contributed by atoms with van der Waals surface area (Å²) in [7, 11) is 1.72. The van der Waals surface area contributed by atoms with E-state index in [0.29, 0.717) is 5.82 Å². The van der Waals surface area contributed by atoms with Gasteiger partial charge in [-0.25, -0.2) is 0 Å². The van der Waals surface area contributed by atoms with Crippen LogP contribution in [0.5, 0.6) is 5.75 Å². The first kappa shape index (κ1) is 19.2. The maximum atomic E-state index is 6.53. The Morgan fingerprint density at radius 2 is 1.73 bits per heavy atom. The Morgan fingerprint density at radius 3 is 2.38 bits per heavy atom. The molecule has 0 radical (unpaired) electrons. The van der Waals surface area contributed by atoms with Crippen LogP contribution in [0.15, 0.2) is 22.7 Å². The Balaban J connectivity index is 0.00000196. The predicted octanol–water partition coefficient (Wildman–Crippen LogP) is 4.40. The lowest BCUT2D eigenvalue weighted by molar-refractivity contribution is 0.301. The average Bonchev–Trinajstić information content (AvgIpc) is 3.36. The van der Waals surface area contributed by atoms with Gasteiger partial charge in [0.1, 0.15) is 5.75 Å². The third-order valence-corrected chi connectivity index (χ3v) is 6.19. The van der Waals surface area contributed by atoms with Crippen molar-refractivity contribution in [3.63, 3.8) is 0 Å². The van der Waals surface area contributed by atoms with Gasteiger partial charge < -0.3 is 15.0 Å². The van der Waals surface area contributed by atoms with Crippen LogP contribution in [0.25, 0.3) is 0 Å². The lowest BCUT2D eigenvalue weighted by atomic mass is 9.78. The van der Waals surface area contributed by atoms with Crippen LogP contribution in [0.1, 0.15) is 74.2 Å². The minimum atomic E-state index is -0.410. The molecule has 2 aliphatic carbocycles. The van der Waals surface area contributed by atoms with Gasteiger partial charge in [0.15, 0.2) is 5.82 Å². The topological polar surface area (TPSA) is 74.2 Å². The van der Waals surface area contributed by atoms with Crippen molar-refractivity contribution >= 4 is 12.4 Å². The normalized spacial score (nSPS) is 20.7. The van der Waals surface area contributed by atoms with E-state index in [-0.39, 0.29) is 17.8 Å². The molecule has 2 aromatic rings. The van der Waals surface area contributed by atoms with Crippen LogP contribution >= 0.6 is 12.4 Å². The van der Waals surface area contributed by atoms with Gasteiger partial charge in [-0.05, 0) is 49.8 Å². The van der Waals surface area contributed by atoms with Crippen LogP contribution in [-0.4, -0.2) is 17.3 Å². The van der Waals surface area contributed by atoms with Crippen LogP contribution in [0.4, 0.5) is 0 Å². The summed E-state index contributed by atoms with van der Waals surface area (Å²) in [5.74, 6) is 2.32. The molecule has 4 rings (SSSR count). The van der Waals surface area contributed by atoms with Gasteiger partial charge in [0.05, 0.1) is 18.1 Å². The SMILES string of the molecule is COc1cc(C2(c3nc(C4(N)CCCC4)no3)CCCC2)ccc1C.Cl. The number of halogens is 1. The van der Waals surface area contributed by atoms with Crippen LogP contribution in [-0.2, 0) is 11.0 Å². The number of aromatic nitrogens is 2. The Hall–Kier alpha value is -1.59. The van der Waals surface area contributed by atoms with Gasteiger partial charge in [0.2, 0.25) is 5.89 Å². The fourth-order valence-electron chi connectivity index (χ4n) is 4.57. The smallest absolute Gasteiger partial charge is 0.237 e. The first-order valence-corrected chi connectivity index (χ1v) is 9.36. The Labute approximate surface area is 161 Å². The number of ether oxygens (including phenoxy) is 1. The second-order valence-corrected chi connectivity index (χ2v) is 7.76. The molecular weight excluding hydrogens is 350 g/mol. The molecule has 142 valence electrons. The Bertz CT molecular complexity index is 762. The molecule has 0 aliphatic heterocycles. The van der Waals surface area contributed by atoms with Crippen LogP contribution in [0.3, 0.4) is 0 Å². The minimum Gasteiger partial charge on any atom is -0.496 e. The van der Waals surface area contributed by atoms with Crippen molar-refractivity contribution < 1.29 is 9.26 Å². The zero-order valence-electron chi connectivity index (χ0n) is 15.6. The summed E-state index contributed by atoms with van der Waals surface area (Å²) in [6.45, 7) is 2.06. The van der Waals surface area contributed by atoms with E-state index < -0.39 is 5.54 Å². The highest BCUT2D eigenvalue weighted by atomic mass is 35.5. The monoisotopic (exact) mass is 377 g/mol. The molecule has 1 heterocycles. The standard InChI is InChI=1S/C20H27N3O2.ClH/c1-14-7-8-15(13-16(14)24-2)19(9-3-4-10-19)18-22-17(23-25-18)20(21)11-5-6-12-20;/h7-8,13H,3-6,9-12,21H2,1-2H3;1H. The van der Waals surface area contributed by atoms with Gasteiger partial charge in [-0.3, -0.25) is 0 Å². The van der Waals surface area contributed by atoms with Crippen molar-refractivity contribution in [1.29, 1.82) is 0 Å². The summed E-state index contributed by atoms with van der Waals surface area (Å²) in [4.78, 5) is 4.83. The number of benzene rings is 1. The molecule has 26 heavy (non-hydrogen) atoms. The fourth-order valence-corrected chi connectivity index (χ4v) is 4.57. The average molecular weight is 378 g/mol. The van der Waals surface area contributed by atoms with Crippen molar-refractivity contribution in [1.82, 2.24) is 10.1 Å². The Kier molecular flexibility index (Phi) is 5.31. The van der Waals surface area contributed by atoms with Crippen molar-refractivity contribution in [3.05, 3.63) is 41.0 Å². The molecule has 5 nitrogen and oxygen atoms in total. The van der Waals surface area contributed by atoms with Gasteiger partial charge in [0, 0.05) is 0 Å². The van der Waals surface area contributed by atoms with E-state index in [1.807, 2.05) is 0 Å². The summed E-state index contributed by atoms with van der Waals surface area (Å²) < 4.78 is 11.3. The number of hydrogen-bond donors (Lipinski definition) is 1. The highest BCUT2D eigenvalue weighted by Gasteiger charge is 2.45. The highest BCUT2D eigenvalue weighted by molar-refractivity contribution is 5.85. The van der Waals surface area contributed by atoms with E-state index in [1.54, 1.807) is 7.11 Å². The van der Waals surface area contributed by atoms with Crippen molar-refractivity contribution in [3.8, 4) is 5.75 Å². The molecule has 2 fully saturated rings. The molecule has 0 bridgehead atoms. The van der Waals surface area contributed by atoms with Crippen LogP contribution in [0.2, 0.25) is 0 Å². The summed E-state index contributed by atoms with van der Waals surface area (Å²) in [5, 5.41) is 4.30. The lowest BCUT2D eigenvalue weighted by Gasteiger charge is -2.26. The number of aryl methyl sites for hydroxylation is 1. The van der Waals surface area contributed by atoms with Crippen molar-refractivity contribution in [2.24, 2.45) is 5.73 Å². The van der Waals surface area contributed by atoms with Gasteiger partial charge in [-0.2, -0.15) is 4.98 Å². The first-order valence-electron chi connectivity index (χ1n) is 9.36. The quantitative estimate of drug-likeness (QED) is 0.854. The molecule has 0 spiro atoms. The molecule has 2 N–H and O–H groups in total. The van der Waals surface area contributed by atoms with E-state index in [2.05, 4.69) is 30.3 Å². The molecule has 0 saturated heterocycles. The molecule has 2 aliphatic rings. The summed E-state index contributed by atoms with van der Waals surface area (Å²) in [6.07, 6.45) is 8.55. The molecule has 0 atom stereocenters. The third kappa shape index (κ3) is 3.01. The third-order valence-electron chi connectivity index (χ3n) is 6.19. The number of hydrogen-bond acceptors (Lipinski definition) is 5. The number of rotatable bonds is 4. The van der Waals surface area contributed by atoms with Gasteiger partial charge in [-0.1, -0.05) is 43.0 Å². The second kappa shape index (κ2) is 7.20. The van der Waals surface area contributed by atoms with Gasteiger partial charge in [-0.15, -0.1) is 12.4 Å². The molecule has 1 aromatic heterocycles. The molecule has 0 unspecified atom stereocenters. The fraction of sp³-hybridized carbons (Fsp3) is 0.600. The molecular formula is C20H28ClN3O2. The minimum absolute atomic E-state index is 0. The zero-order chi connectivity index (χ0) is 17.5. The number of methoxy groups -OCH3 is 1. The lowest BCUT2D eigenvalue weighted by Crippen LogP contribution is -2.34. The number of nitrogens with two attached hydrogens (primary N) is 1. The summed E-state index contributed by atoms with van der Waals surface area (Å²) >= 11 is 0. The maximum Gasteiger partial charge on any atom is 0.237 e. The van der Waals surface area contributed by atoms with Crippen molar-refractivity contribution in [2.45, 2.75) is 69.2 Å². The van der Waals surface area contributed by atoms with E-state index in [0.717, 1.165) is 55.7 Å². The van der Waals surface area contributed by atoms with E-state index in [1.165, 1.54) is 18.4 Å². The zero-order valence-corrected chi connectivity index (χ0v) is 16.4. The van der Waals surface area contributed by atoms with Crippen LogP contribution in [0, 0.1) is 6.92 Å². The summed E-state index contributed by atoms with van der Waals surface area (Å²) in [6, 6.07) is 6.44. The van der Waals surface area contributed by atoms with E-state index in [9.17, 15) is 0 Å². The largest absolute Gasteiger partial charge is 0.496 e. The van der Waals surface area contributed by atoms with E-state index >= 15 is 0 Å².